The molecule has 6 nitrogen and oxygen atoms in total. The highest BCUT2D eigenvalue weighted by Gasteiger charge is 2.20. The van der Waals surface area contributed by atoms with Crippen molar-refractivity contribution in [3.05, 3.63) is 111 Å². The molecule has 0 saturated carbocycles. The van der Waals surface area contributed by atoms with Crippen LogP contribution in [0.15, 0.2) is 88.6 Å². The average molecular weight is 523 g/mol. The van der Waals surface area contributed by atoms with Crippen LogP contribution < -0.4 is 5.56 Å². The molecule has 3 aromatic carbocycles. The van der Waals surface area contributed by atoms with Gasteiger partial charge in [-0.3, -0.25) is 4.79 Å². The highest BCUT2D eigenvalue weighted by atomic mass is 32.1. The number of pyridine rings is 1. The van der Waals surface area contributed by atoms with Crippen molar-refractivity contribution >= 4 is 39.3 Å². The smallest absolute Gasteiger partial charge is 0.341 e. The quantitative estimate of drug-likeness (QED) is 0.193. The summed E-state index contributed by atoms with van der Waals surface area (Å²) in [6, 6.07) is 24.3. The van der Waals surface area contributed by atoms with Gasteiger partial charge in [0.05, 0.1) is 23.4 Å². The third kappa shape index (κ3) is 4.64. The highest BCUT2D eigenvalue weighted by molar-refractivity contribution is 7.19. The molecule has 0 amide bonds. The molecule has 7 heteroatoms. The number of thiophene rings is 1. The van der Waals surface area contributed by atoms with Gasteiger partial charge in [-0.2, -0.15) is 0 Å². The second kappa shape index (κ2) is 10.5. The summed E-state index contributed by atoms with van der Waals surface area (Å²) in [5.74, 6) is -0.686. The Balaban J connectivity index is 1.70. The van der Waals surface area contributed by atoms with Crippen LogP contribution in [0.2, 0.25) is 0 Å². The number of benzene rings is 3. The molecule has 0 aliphatic rings. The van der Waals surface area contributed by atoms with Crippen molar-refractivity contribution in [3.63, 3.8) is 0 Å². The standard InChI is InChI=1S/C31H26N2O4S/c1-4-37-31(36)24-17-27(21-10-6-5-7-11-21)38-28(24)32-18-25-22-12-8-9-13-23(22)29(34)33(30(25)35)26-15-14-19(2)16-20(26)3/h5-18,35H,4H2,1-3H3/b32-18+. The van der Waals surface area contributed by atoms with Crippen molar-refractivity contribution in [3.8, 4) is 22.0 Å². The molecule has 0 unspecified atom stereocenters. The summed E-state index contributed by atoms with van der Waals surface area (Å²) >= 11 is 1.36. The van der Waals surface area contributed by atoms with Crippen LogP contribution in [0.5, 0.6) is 5.88 Å². The number of hydrogen-bond acceptors (Lipinski definition) is 6. The van der Waals surface area contributed by atoms with E-state index in [2.05, 4.69) is 4.99 Å². The van der Waals surface area contributed by atoms with E-state index < -0.39 is 5.97 Å². The van der Waals surface area contributed by atoms with E-state index in [9.17, 15) is 14.7 Å². The molecular weight excluding hydrogens is 496 g/mol. The second-order valence-corrected chi connectivity index (χ2v) is 9.92. The SMILES string of the molecule is CCOC(=O)c1cc(-c2ccccc2)sc1/N=C/c1c(O)n(-c2ccc(C)cc2C)c(=O)c2ccccc12. The molecule has 0 bridgehead atoms. The molecule has 0 fully saturated rings. The van der Waals surface area contributed by atoms with Gasteiger partial charge in [0.1, 0.15) is 5.00 Å². The number of hydrogen-bond donors (Lipinski definition) is 1. The first-order valence-electron chi connectivity index (χ1n) is 12.2. The van der Waals surface area contributed by atoms with Crippen molar-refractivity contribution in [2.75, 3.05) is 6.61 Å². The minimum absolute atomic E-state index is 0.220. The number of rotatable bonds is 6. The average Bonchev–Trinajstić information content (AvgIpc) is 3.35. The molecule has 2 aromatic heterocycles. The number of aromatic hydroxyl groups is 1. The number of carbonyl (C=O) groups is 1. The summed E-state index contributed by atoms with van der Waals surface area (Å²) < 4.78 is 6.59. The van der Waals surface area contributed by atoms with E-state index in [1.807, 2.05) is 68.4 Å². The van der Waals surface area contributed by atoms with E-state index in [4.69, 9.17) is 4.74 Å². The van der Waals surface area contributed by atoms with Crippen LogP contribution in [-0.2, 0) is 4.74 Å². The summed E-state index contributed by atoms with van der Waals surface area (Å²) in [6.45, 7) is 5.87. The Labute approximate surface area is 224 Å². The number of ether oxygens (including phenoxy) is 1. The first-order valence-corrected chi connectivity index (χ1v) is 13.1. The summed E-state index contributed by atoms with van der Waals surface area (Å²) in [5, 5.41) is 12.9. The maximum atomic E-state index is 13.5. The maximum Gasteiger partial charge on any atom is 0.341 e. The van der Waals surface area contributed by atoms with Gasteiger partial charge in [-0.1, -0.05) is 66.2 Å². The molecular formula is C31H26N2O4S. The Morgan fingerprint density at radius 1 is 1.00 bits per heavy atom. The lowest BCUT2D eigenvalue weighted by Gasteiger charge is -2.16. The second-order valence-electron chi connectivity index (χ2n) is 8.89. The zero-order chi connectivity index (χ0) is 26.8. The van der Waals surface area contributed by atoms with Crippen LogP contribution in [0.4, 0.5) is 5.00 Å². The third-order valence-electron chi connectivity index (χ3n) is 6.27. The van der Waals surface area contributed by atoms with Gasteiger partial charge < -0.3 is 9.84 Å². The first-order chi connectivity index (χ1) is 18.4. The van der Waals surface area contributed by atoms with Gasteiger partial charge >= 0.3 is 5.97 Å². The van der Waals surface area contributed by atoms with E-state index in [-0.39, 0.29) is 18.0 Å². The molecule has 2 heterocycles. The van der Waals surface area contributed by atoms with Crippen LogP contribution in [0, 0.1) is 13.8 Å². The van der Waals surface area contributed by atoms with Crippen LogP contribution in [0.1, 0.15) is 34.0 Å². The number of nitrogens with zero attached hydrogens (tertiary/aromatic N) is 2. The molecule has 1 N–H and O–H groups in total. The minimum atomic E-state index is -0.465. The number of aliphatic imine (C=N–C) groups is 1. The maximum absolute atomic E-state index is 13.5. The predicted octanol–water partition coefficient (Wildman–Crippen LogP) is 6.97. The summed E-state index contributed by atoms with van der Waals surface area (Å²) in [4.78, 5) is 31.8. The van der Waals surface area contributed by atoms with E-state index >= 15 is 0 Å². The van der Waals surface area contributed by atoms with Crippen molar-refractivity contribution in [2.24, 2.45) is 4.99 Å². The number of aromatic nitrogens is 1. The highest BCUT2D eigenvalue weighted by Crippen LogP contribution is 2.38. The van der Waals surface area contributed by atoms with E-state index in [1.54, 1.807) is 31.2 Å². The number of carbonyl (C=O) groups excluding carboxylic acids is 1. The Morgan fingerprint density at radius 2 is 1.71 bits per heavy atom. The van der Waals surface area contributed by atoms with Crippen LogP contribution in [-0.4, -0.2) is 28.5 Å². The first kappa shape index (κ1) is 25.2. The predicted molar refractivity (Wildman–Crippen MR) is 154 cm³/mol. The monoisotopic (exact) mass is 522 g/mol. The summed E-state index contributed by atoms with van der Waals surface area (Å²) in [7, 11) is 0. The van der Waals surface area contributed by atoms with E-state index in [0.717, 1.165) is 21.6 Å². The zero-order valence-electron chi connectivity index (χ0n) is 21.3. The number of fused-ring (bicyclic) bond motifs is 1. The van der Waals surface area contributed by atoms with Gasteiger partial charge in [-0.25, -0.2) is 14.4 Å². The van der Waals surface area contributed by atoms with Gasteiger partial charge in [0.15, 0.2) is 0 Å². The summed E-state index contributed by atoms with van der Waals surface area (Å²) in [6.07, 6.45) is 1.51. The molecule has 0 radical (unpaired) electrons. The molecule has 38 heavy (non-hydrogen) atoms. The molecule has 0 atom stereocenters. The molecule has 5 rings (SSSR count). The molecule has 0 saturated heterocycles. The van der Waals surface area contributed by atoms with Gasteiger partial charge in [0.25, 0.3) is 5.56 Å². The third-order valence-corrected chi connectivity index (χ3v) is 7.37. The van der Waals surface area contributed by atoms with Crippen molar-refractivity contribution in [1.82, 2.24) is 4.57 Å². The molecule has 5 aromatic rings. The largest absolute Gasteiger partial charge is 0.494 e. The van der Waals surface area contributed by atoms with Gasteiger partial charge in [0.2, 0.25) is 5.88 Å². The Morgan fingerprint density at radius 3 is 2.42 bits per heavy atom. The zero-order valence-corrected chi connectivity index (χ0v) is 22.1. The minimum Gasteiger partial charge on any atom is -0.494 e. The van der Waals surface area contributed by atoms with E-state index in [1.165, 1.54) is 22.1 Å². The topological polar surface area (TPSA) is 80.9 Å². The fourth-order valence-electron chi connectivity index (χ4n) is 4.47. The van der Waals surface area contributed by atoms with Crippen molar-refractivity contribution in [1.29, 1.82) is 0 Å². The summed E-state index contributed by atoms with van der Waals surface area (Å²) in [5.41, 5.74) is 3.87. The normalized spacial score (nSPS) is 11.3. The van der Waals surface area contributed by atoms with Crippen molar-refractivity contribution < 1.29 is 14.6 Å². The van der Waals surface area contributed by atoms with Crippen molar-refractivity contribution in [2.45, 2.75) is 20.8 Å². The van der Waals surface area contributed by atoms with Gasteiger partial charge in [-0.15, -0.1) is 11.3 Å². The molecule has 190 valence electrons. The molecule has 0 spiro atoms. The van der Waals surface area contributed by atoms with Gasteiger partial charge in [-0.05, 0) is 50.1 Å². The fourth-order valence-corrected chi connectivity index (χ4v) is 5.47. The Bertz CT molecular complexity index is 1750. The number of esters is 1. The molecule has 0 aliphatic carbocycles. The molecule has 0 aliphatic heterocycles. The lowest BCUT2D eigenvalue weighted by molar-refractivity contribution is 0.0528. The van der Waals surface area contributed by atoms with Crippen LogP contribution in [0.3, 0.4) is 0 Å². The lowest BCUT2D eigenvalue weighted by Crippen LogP contribution is -2.21. The van der Waals surface area contributed by atoms with Crippen LogP contribution in [0.25, 0.3) is 26.9 Å². The Kier molecular flexibility index (Phi) is 6.94. The van der Waals surface area contributed by atoms with E-state index in [0.29, 0.717) is 32.6 Å². The Hall–Kier alpha value is -4.49. The fraction of sp³-hybridized carbons (Fsp3) is 0.129. The lowest BCUT2D eigenvalue weighted by atomic mass is 10.1. The van der Waals surface area contributed by atoms with Crippen LogP contribution >= 0.6 is 11.3 Å². The van der Waals surface area contributed by atoms with Gasteiger partial charge in [0, 0.05) is 21.9 Å². The number of aryl methyl sites for hydroxylation is 2.